The molecule has 0 aliphatic heterocycles. The Bertz CT molecular complexity index is 468. The second-order valence-corrected chi connectivity index (χ2v) is 6.17. The lowest BCUT2D eigenvalue weighted by Gasteiger charge is -2.27. The van der Waals surface area contributed by atoms with Gasteiger partial charge in [0.25, 0.3) is 0 Å². The number of hydrogen-bond acceptors (Lipinski definition) is 2. The molecule has 2 amide bonds. The van der Waals surface area contributed by atoms with Crippen molar-refractivity contribution < 1.29 is 9.53 Å². The average molecular weight is 304 g/mol. The van der Waals surface area contributed by atoms with Crippen LogP contribution in [0.15, 0.2) is 24.3 Å². The van der Waals surface area contributed by atoms with Crippen molar-refractivity contribution in [2.24, 2.45) is 0 Å². The van der Waals surface area contributed by atoms with Gasteiger partial charge in [-0.15, -0.1) is 0 Å². The normalized spacial score (nSPS) is 16.1. The highest BCUT2D eigenvalue weighted by Gasteiger charge is 2.20. The first kappa shape index (κ1) is 16.8. The largest absolute Gasteiger partial charge is 0.380 e. The van der Waals surface area contributed by atoms with Crippen LogP contribution < -0.4 is 5.32 Å². The van der Waals surface area contributed by atoms with Crippen LogP contribution in [0.2, 0.25) is 0 Å². The zero-order chi connectivity index (χ0) is 15.8. The van der Waals surface area contributed by atoms with E-state index in [1.54, 1.807) is 7.11 Å². The van der Waals surface area contributed by atoms with Gasteiger partial charge < -0.3 is 15.0 Å². The van der Waals surface area contributed by atoms with Gasteiger partial charge in [-0.25, -0.2) is 4.79 Å². The van der Waals surface area contributed by atoms with Crippen LogP contribution >= 0.6 is 0 Å². The minimum Gasteiger partial charge on any atom is -0.380 e. The number of methoxy groups -OCH3 is 1. The fraction of sp³-hybridized carbons (Fsp3) is 0.611. The number of urea groups is 1. The zero-order valence-electron chi connectivity index (χ0n) is 13.8. The van der Waals surface area contributed by atoms with Crippen LogP contribution in [0.1, 0.15) is 49.7 Å². The summed E-state index contributed by atoms with van der Waals surface area (Å²) >= 11 is 0. The summed E-state index contributed by atoms with van der Waals surface area (Å²) in [5.74, 6) is 0. The maximum Gasteiger partial charge on any atom is 0.317 e. The highest BCUT2D eigenvalue weighted by molar-refractivity contribution is 5.74. The Morgan fingerprint density at radius 3 is 2.59 bits per heavy atom. The van der Waals surface area contributed by atoms with Gasteiger partial charge in [0.05, 0.1) is 6.61 Å². The number of nitrogens with one attached hydrogen (secondary N) is 1. The highest BCUT2D eigenvalue weighted by atomic mass is 16.5. The fourth-order valence-electron chi connectivity index (χ4n) is 3.11. The number of rotatable bonds is 5. The van der Waals surface area contributed by atoms with Gasteiger partial charge in [-0.1, -0.05) is 49.9 Å². The first-order chi connectivity index (χ1) is 10.7. The second-order valence-electron chi connectivity index (χ2n) is 6.17. The molecular weight excluding hydrogens is 276 g/mol. The zero-order valence-corrected chi connectivity index (χ0v) is 13.8. The van der Waals surface area contributed by atoms with E-state index >= 15 is 0 Å². The molecule has 0 saturated heterocycles. The molecule has 4 nitrogen and oxygen atoms in total. The molecule has 1 aliphatic rings. The van der Waals surface area contributed by atoms with E-state index < -0.39 is 0 Å². The molecular formula is C18H28N2O2. The molecule has 1 fully saturated rings. The van der Waals surface area contributed by atoms with Crippen molar-refractivity contribution in [3.05, 3.63) is 35.4 Å². The first-order valence-corrected chi connectivity index (χ1v) is 8.28. The number of nitrogens with zero attached hydrogens (tertiary/aromatic N) is 1. The summed E-state index contributed by atoms with van der Waals surface area (Å²) in [6.45, 7) is 1.16. The summed E-state index contributed by atoms with van der Waals surface area (Å²) in [6, 6.07) is 8.57. The van der Waals surface area contributed by atoms with Gasteiger partial charge in [-0.05, 0) is 24.0 Å². The van der Waals surface area contributed by atoms with Crippen LogP contribution in [0.3, 0.4) is 0 Å². The molecule has 122 valence electrons. The Kier molecular flexibility index (Phi) is 6.72. The molecule has 1 aromatic rings. The van der Waals surface area contributed by atoms with E-state index in [1.807, 2.05) is 30.1 Å². The fourth-order valence-corrected chi connectivity index (χ4v) is 3.11. The first-order valence-electron chi connectivity index (χ1n) is 8.28. The molecule has 0 unspecified atom stereocenters. The van der Waals surface area contributed by atoms with Crippen molar-refractivity contribution in [1.29, 1.82) is 0 Å². The third kappa shape index (κ3) is 5.02. The molecule has 22 heavy (non-hydrogen) atoms. The molecule has 4 heteroatoms. The van der Waals surface area contributed by atoms with E-state index in [-0.39, 0.29) is 6.03 Å². The summed E-state index contributed by atoms with van der Waals surface area (Å²) in [4.78, 5) is 14.2. The highest BCUT2D eigenvalue weighted by Crippen LogP contribution is 2.21. The van der Waals surface area contributed by atoms with E-state index in [2.05, 4.69) is 11.4 Å². The van der Waals surface area contributed by atoms with Gasteiger partial charge >= 0.3 is 6.03 Å². The van der Waals surface area contributed by atoms with E-state index in [1.165, 1.54) is 25.7 Å². The third-order valence-corrected chi connectivity index (χ3v) is 4.44. The maximum atomic E-state index is 12.3. The number of carbonyl (C=O) groups excluding carboxylic acids is 1. The number of amides is 2. The summed E-state index contributed by atoms with van der Waals surface area (Å²) in [5, 5.41) is 3.03. The van der Waals surface area contributed by atoms with Crippen molar-refractivity contribution in [1.82, 2.24) is 10.2 Å². The summed E-state index contributed by atoms with van der Waals surface area (Å²) in [7, 11) is 3.61. The van der Waals surface area contributed by atoms with Crippen LogP contribution in [-0.4, -0.2) is 31.1 Å². The predicted octanol–water partition coefficient (Wildman–Crippen LogP) is 3.70. The van der Waals surface area contributed by atoms with Crippen molar-refractivity contribution in [2.75, 3.05) is 14.2 Å². The summed E-state index contributed by atoms with van der Waals surface area (Å²) in [5.41, 5.74) is 2.24. The molecule has 1 N–H and O–H groups in total. The number of carbonyl (C=O) groups is 1. The number of hydrogen-bond donors (Lipinski definition) is 1. The van der Waals surface area contributed by atoms with Gasteiger partial charge in [0.2, 0.25) is 0 Å². The standard InChI is InChI=1S/C18H28N2O2/c1-20(17-10-5-3-4-6-11-17)18(21)19-13-15-8-7-9-16(12-15)14-22-2/h7-9,12,17H,3-6,10-11,13-14H2,1-2H3,(H,19,21). The molecule has 1 aromatic carbocycles. The van der Waals surface area contributed by atoms with Gasteiger partial charge in [0.1, 0.15) is 0 Å². The van der Waals surface area contributed by atoms with Gasteiger partial charge in [-0.2, -0.15) is 0 Å². The minimum atomic E-state index is 0.0315. The smallest absolute Gasteiger partial charge is 0.317 e. The Hall–Kier alpha value is -1.55. The van der Waals surface area contributed by atoms with Crippen molar-refractivity contribution in [2.45, 2.75) is 57.7 Å². The lowest BCUT2D eigenvalue weighted by Crippen LogP contribution is -2.43. The van der Waals surface area contributed by atoms with E-state index in [9.17, 15) is 4.79 Å². The monoisotopic (exact) mass is 304 g/mol. The van der Waals surface area contributed by atoms with E-state index in [0.717, 1.165) is 24.0 Å². The van der Waals surface area contributed by atoms with Crippen molar-refractivity contribution >= 4 is 6.03 Å². The molecule has 1 aliphatic carbocycles. The Labute approximate surface area is 133 Å². The number of ether oxygens (including phenoxy) is 1. The lowest BCUT2D eigenvalue weighted by molar-refractivity contribution is 0.183. The Morgan fingerprint density at radius 2 is 1.91 bits per heavy atom. The Morgan fingerprint density at radius 1 is 1.23 bits per heavy atom. The van der Waals surface area contributed by atoms with Crippen LogP contribution in [0, 0.1) is 0 Å². The van der Waals surface area contributed by atoms with E-state index in [0.29, 0.717) is 19.2 Å². The minimum absolute atomic E-state index is 0.0315. The molecule has 0 radical (unpaired) electrons. The van der Waals surface area contributed by atoms with Gasteiger partial charge in [0, 0.05) is 26.7 Å². The Balaban J connectivity index is 1.84. The topological polar surface area (TPSA) is 41.6 Å². The molecule has 2 rings (SSSR count). The van der Waals surface area contributed by atoms with Crippen LogP contribution in [-0.2, 0) is 17.9 Å². The maximum absolute atomic E-state index is 12.3. The molecule has 0 aromatic heterocycles. The van der Waals surface area contributed by atoms with Gasteiger partial charge in [-0.3, -0.25) is 0 Å². The van der Waals surface area contributed by atoms with E-state index in [4.69, 9.17) is 4.74 Å². The molecule has 0 spiro atoms. The molecule has 1 saturated carbocycles. The molecule has 0 bridgehead atoms. The quantitative estimate of drug-likeness (QED) is 0.843. The third-order valence-electron chi connectivity index (χ3n) is 4.44. The SMILES string of the molecule is COCc1cccc(CNC(=O)N(C)C2CCCCCC2)c1. The number of benzene rings is 1. The average Bonchev–Trinajstić information content (AvgIpc) is 2.82. The summed E-state index contributed by atoms with van der Waals surface area (Å²) in [6.07, 6.45) is 7.35. The van der Waals surface area contributed by atoms with Crippen molar-refractivity contribution in [3.8, 4) is 0 Å². The van der Waals surface area contributed by atoms with Crippen LogP contribution in [0.25, 0.3) is 0 Å². The van der Waals surface area contributed by atoms with Crippen LogP contribution in [0.4, 0.5) is 4.79 Å². The molecule has 0 atom stereocenters. The lowest BCUT2D eigenvalue weighted by atomic mass is 10.1. The second kappa shape index (κ2) is 8.79. The summed E-state index contributed by atoms with van der Waals surface area (Å²) < 4.78 is 5.14. The molecule has 0 heterocycles. The predicted molar refractivity (Wildman–Crippen MR) is 88.6 cm³/mol. The van der Waals surface area contributed by atoms with Crippen LogP contribution in [0.5, 0.6) is 0 Å². The van der Waals surface area contributed by atoms with Crippen molar-refractivity contribution in [3.63, 3.8) is 0 Å². The van der Waals surface area contributed by atoms with Gasteiger partial charge in [0.15, 0.2) is 0 Å².